The summed E-state index contributed by atoms with van der Waals surface area (Å²) in [6.07, 6.45) is -12.4. The number of carbonyl (C=O) groups is 4. The lowest BCUT2D eigenvalue weighted by molar-refractivity contribution is -0.314. The Kier molecular flexibility index (Phi) is 23.4. The van der Waals surface area contributed by atoms with Gasteiger partial charge >= 0.3 is 0 Å². The molecule has 2 saturated heterocycles. The van der Waals surface area contributed by atoms with E-state index in [1.54, 1.807) is 0 Å². The van der Waals surface area contributed by atoms with E-state index in [-0.39, 0.29) is 19.4 Å². The van der Waals surface area contributed by atoms with E-state index in [2.05, 4.69) is 0 Å². The van der Waals surface area contributed by atoms with Crippen LogP contribution >= 0.6 is 0 Å². The number of hydrogen-bond acceptors (Lipinski definition) is 18. The van der Waals surface area contributed by atoms with Gasteiger partial charge in [0.15, 0.2) is 12.6 Å². The number of nitrogens with two attached hydrogens (primary N) is 4. The van der Waals surface area contributed by atoms with Gasteiger partial charge in [-0.25, -0.2) is 0 Å². The zero-order chi connectivity index (χ0) is 38.0. The third-order valence-corrected chi connectivity index (χ3v) is 6.42. The third-order valence-electron chi connectivity index (χ3n) is 6.42. The Hall–Kier alpha value is -2.68. The summed E-state index contributed by atoms with van der Waals surface area (Å²) in [5, 5.41) is 89.4. The van der Waals surface area contributed by atoms with Crippen LogP contribution < -0.4 is 22.9 Å². The first-order valence-electron chi connectivity index (χ1n) is 14.4. The highest BCUT2D eigenvalue weighted by atomic mass is 16.7. The lowest BCUT2D eigenvalue weighted by Crippen LogP contribution is -2.65. The number of hydrogen-bond donors (Lipinski definition) is 14. The minimum Gasteiger partial charge on any atom is -0.481 e. The lowest BCUT2D eigenvalue weighted by atomic mass is 9.86. The maximum atomic E-state index is 10.3. The van der Waals surface area contributed by atoms with Crippen molar-refractivity contribution in [3.8, 4) is 0 Å². The molecule has 22 nitrogen and oxygen atoms in total. The molecular weight excluding hydrogens is 656 g/mol. The van der Waals surface area contributed by atoms with E-state index in [9.17, 15) is 30.6 Å². The van der Waals surface area contributed by atoms with E-state index in [1.807, 2.05) is 0 Å². The number of aliphatic carboxylic acids is 4. The molecule has 3 aliphatic rings. The van der Waals surface area contributed by atoms with Gasteiger partial charge in [-0.05, 0) is 12.8 Å². The molecule has 0 spiro atoms. The zero-order valence-corrected chi connectivity index (χ0v) is 27.0. The van der Waals surface area contributed by atoms with E-state index in [1.165, 1.54) is 0 Å². The SMILES string of the molecule is CC(=O)O.CC(=O)O.CC(=O)O.CC(=O)O.NC[C@H]1O[C@H](O[C@H]2C[C@H](N)[C@@H](O[C@H]3O[C@H](CO)[C@@H](O)[C@H](N)[C@H]3O)C[C@@H]2N)[C@H](O)[C@@H](O)[C@@H]1O. The van der Waals surface area contributed by atoms with Crippen molar-refractivity contribution in [3.63, 3.8) is 0 Å². The van der Waals surface area contributed by atoms with Crippen LogP contribution in [0.5, 0.6) is 0 Å². The van der Waals surface area contributed by atoms with Crippen LogP contribution in [0.2, 0.25) is 0 Å². The van der Waals surface area contributed by atoms with Gasteiger partial charge in [-0.3, -0.25) is 19.2 Å². The molecule has 284 valence electrons. The van der Waals surface area contributed by atoms with Crippen molar-refractivity contribution in [1.82, 2.24) is 0 Å². The number of carboxylic acid groups (broad SMARTS) is 4. The van der Waals surface area contributed by atoms with Gasteiger partial charge in [0.25, 0.3) is 23.9 Å². The van der Waals surface area contributed by atoms with E-state index < -0.39 is 116 Å². The molecule has 0 unspecified atom stereocenters. The van der Waals surface area contributed by atoms with Gasteiger partial charge in [0.1, 0.15) is 42.7 Å². The summed E-state index contributed by atoms with van der Waals surface area (Å²) in [7, 11) is 0. The molecule has 18 N–H and O–H groups in total. The molecule has 2 heterocycles. The van der Waals surface area contributed by atoms with Crippen LogP contribution in [0.25, 0.3) is 0 Å². The van der Waals surface area contributed by atoms with Gasteiger partial charge in [-0.2, -0.15) is 0 Å². The molecule has 0 aromatic heterocycles. The first-order valence-corrected chi connectivity index (χ1v) is 14.4. The highest BCUT2D eigenvalue weighted by Crippen LogP contribution is 2.30. The van der Waals surface area contributed by atoms with Gasteiger partial charge in [0.05, 0.1) is 24.9 Å². The maximum absolute atomic E-state index is 10.3. The fourth-order valence-corrected chi connectivity index (χ4v) is 4.30. The highest BCUT2D eigenvalue weighted by Gasteiger charge is 2.48. The Balaban J connectivity index is 0. The summed E-state index contributed by atoms with van der Waals surface area (Å²) in [5.41, 5.74) is 23.8. The third kappa shape index (κ3) is 18.2. The van der Waals surface area contributed by atoms with E-state index in [4.69, 9.17) is 81.5 Å². The molecule has 2 aliphatic heterocycles. The van der Waals surface area contributed by atoms with Crippen LogP contribution in [-0.4, -0.2) is 174 Å². The molecule has 0 radical (unpaired) electrons. The predicted molar refractivity (Wildman–Crippen MR) is 160 cm³/mol. The fourth-order valence-electron chi connectivity index (χ4n) is 4.30. The standard InChI is InChI=1S/C18H36N4O10.4C2H4O2/c19-3-9-13(25)15(27)16(28)18(31-9)30-8-2-5(20)7(1-6(8)21)29-17-14(26)11(22)12(24)10(4-23)32-17;4*1-2(3)4/h5-18,23-28H,1-4,19-22H2;4*1H3,(H,3,4)/t5-,6-,7-,8-,9+,10+,11-,12+,13+,14+,15-,16+,17-,18-;;;;/m0..../s1. The van der Waals surface area contributed by atoms with Gasteiger partial charge in [-0.1, -0.05) is 0 Å². The van der Waals surface area contributed by atoms with E-state index in [0.29, 0.717) is 0 Å². The molecule has 0 bridgehead atoms. The Morgan fingerprint density at radius 3 is 1.27 bits per heavy atom. The largest absolute Gasteiger partial charge is 0.481 e. The number of aliphatic hydroxyl groups is 6. The van der Waals surface area contributed by atoms with E-state index in [0.717, 1.165) is 27.7 Å². The number of ether oxygens (including phenoxy) is 4. The molecule has 48 heavy (non-hydrogen) atoms. The predicted octanol–water partition coefficient (Wildman–Crippen LogP) is -5.90. The monoisotopic (exact) mass is 708 g/mol. The van der Waals surface area contributed by atoms with Gasteiger partial charge in [0, 0.05) is 46.3 Å². The summed E-state index contributed by atoms with van der Waals surface area (Å²) in [6, 6.07) is -2.32. The summed E-state index contributed by atoms with van der Waals surface area (Å²) < 4.78 is 22.5. The molecule has 3 fully saturated rings. The van der Waals surface area contributed by atoms with Gasteiger partial charge in [0.2, 0.25) is 0 Å². The average Bonchev–Trinajstić information content (AvgIpc) is 2.94. The Morgan fingerprint density at radius 2 is 0.938 bits per heavy atom. The maximum Gasteiger partial charge on any atom is 0.300 e. The Labute approximate surface area is 275 Å². The minimum absolute atomic E-state index is 0.0909. The minimum atomic E-state index is -1.51. The topological polar surface area (TPSA) is 412 Å². The van der Waals surface area contributed by atoms with E-state index >= 15 is 0 Å². The molecule has 22 heteroatoms. The quantitative estimate of drug-likeness (QED) is 0.122. The second kappa shape index (κ2) is 23.6. The number of carboxylic acids is 4. The Morgan fingerprint density at radius 1 is 0.604 bits per heavy atom. The van der Waals surface area contributed by atoms with Crippen LogP contribution in [-0.2, 0) is 38.1 Å². The molecule has 1 aliphatic carbocycles. The Bertz CT molecular complexity index is 848. The fraction of sp³-hybridized carbons (Fsp3) is 0.846. The van der Waals surface area contributed by atoms with Crippen molar-refractivity contribution in [1.29, 1.82) is 0 Å². The smallest absolute Gasteiger partial charge is 0.300 e. The van der Waals surface area contributed by atoms with Crippen molar-refractivity contribution in [3.05, 3.63) is 0 Å². The molecule has 0 aromatic carbocycles. The lowest BCUT2D eigenvalue weighted by Gasteiger charge is -2.46. The van der Waals surface area contributed by atoms with Crippen molar-refractivity contribution in [2.75, 3.05) is 13.2 Å². The molecule has 0 amide bonds. The van der Waals surface area contributed by atoms with Crippen LogP contribution in [0, 0.1) is 0 Å². The normalized spacial score (nSPS) is 37.2. The zero-order valence-electron chi connectivity index (χ0n) is 27.0. The van der Waals surface area contributed by atoms with Crippen LogP contribution in [0.1, 0.15) is 40.5 Å². The molecule has 0 aromatic rings. The van der Waals surface area contributed by atoms with Crippen LogP contribution in [0.15, 0.2) is 0 Å². The molecular formula is C26H52N4O18. The first kappa shape index (κ1) is 47.4. The van der Waals surface area contributed by atoms with Gasteiger partial charge in [-0.15, -0.1) is 0 Å². The highest BCUT2D eigenvalue weighted by molar-refractivity contribution is 5.63. The second-order valence-electron chi connectivity index (χ2n) is 10.8. The van der Waals surface area contributed by atoms with Crippen molar-refractivity contribution in [2.45, 2.75) is 126 Å². The molecule has 14 atom stereocenters. The average molecular weight is 709 g/mol. The van der Waals surface area contributed by atoms with Gasteiger partial charge < -0.3 is 92.9 Å². The number of rotatable bonds is 6. The molecule has 3 rings (SSSR count). The van der Waals surface area contributed by atoms with Crippen molar-refractivity contribution < 1.29 is 89.2 Å². The summed E-state index contributed by atoms with van der Waals surface area (Å²) in [5.74, 6) is -3.33. The van der Waals surface area contributed by atoms with Crippen molar-refractivity contribution >= 4 is 23.9 Å². The van der Waals surface area contributed by atoms with Crippen molar-refractivity contribution in [2.24, 2.45) is 22.9 Å². The van der Waals surface area contributed by atoms with Crippen LogP contribution in [0.4, 0.5) is 0 Å². The summed E-state index contributed by atoms with van der Waals surface area (Å²) in [6.45, 7) is 3.73. The second-order valence-corrected chi connectivity index (χ2v) is 10.8. The molecule has 1 saturated carbocycles. The first-order chi connectivity index (χ1) is 22.0. The van der Waals surface area contributed by atoms with Crippen LogP contribution in [0.3, 0.4) is 0 Å². The number of aliphatic hydroxyl groups excluding tert-OH is 6. The summed E-state index contributed by atoms with van der Waals surface area (Å²) in [4.78, 5) is 36.0. The summed E-state index contributed by atoms with van der Waals surface area (Å²) >= 11 is 0.